The molecule has 8 nitrogen and oxygen atoms in total. The lowest BCUT2D eigenvalue weighted by Gasteiger charge is -2.34. The van der Waals surface area contributed by atoms with Crippen molar-refractivity contribution < 1.29 is 22.7 Å². The maximum Gasteiger partial charge on any atom is 0.257 e. The number of thiazole rings is 1. The van der Waals surface area contributed by atoms with Gasteiger partial charge in [-0.2, -0.15) is 4.31 Å². The van der Waals surface area contributed by atoms with E-state index in [0.717, 1.165) is 11.1 Å². The Morgan fingerprint density at radius 3 is 2.36 bits per heavy atom. The standard InChI is InChI=1S/C23H25N3O5S2/c1-14-9-15(2)13-26(12-14)33(28,29)17-5-3-16(4-6-17)22(27)25-23-24-18-10-19-20(11-21(18)32-23)31-8-7-30-19/h3-6,10-11,14-15H,7-9,12-13H2,1-2H3,(H,24,25,27)/t14-,15-/m0/s1. The molecule has 5 rings (SSSR count). The van der Waals surface area contributed by atoms with Crippen molar-refractivity contribution in [3.63, 3.8) is 0 Å². The zero-order valence-corrected chi connectivity index (χ0v) is 20.0. The third-order valence-electron chi connectivity index (χ3n) is 5.86. The molecule has 2 aliphatic rings. The molecule has 0 saturated carbocycles. The lowest BCUT2D eigenvalue weighted by Crippen LogP contribution is -2.42. The number of carbonyl (C=O) groups is 1. The highest BCUT2D eigenvalue weighted by Crippen LogP contribution is 2.38. The summed E-state index contributed by atoms with van der Waals surface area (Å²) in [6.07, 6.45) is 1.03. The van der Waals surface area contributed by atoms with Gasteiger partial charge in [0.15, 0.2) is 16.6 Å². The first-order valence-electron chi connectivity index (χ1n) is 10.9. The smallest absolute Gasteiger partial charge is 0.257 e. The van der Waals surface area contributed by atoms with Gasteiger partial charge in [0.2, 0.25) is 10.0 Å². The van der Waals surface area contributed by atoms with E-state index in [1.54, 1.807) is 10.4 Å². The van der Waals surface area contributed by atoms with Crippen molar-refractivity contribution in [2.45, 2.75) is 25.2 Å². The van der Waals surface area contributed by atoms with E-state index in [-0.39, 0.29) is 10.8 Å². The monoisotopic (exact) mass is 487 g/mol. The Morgan fingerprint density at radius 2 is 1.70 bits per heavy atom. The summed E-state index contributed by atoms with van der Waals surface area (Å²) in [5, 5.41) is 3.25. The highest BCUT2D eigenvalue weighted by Gasteiger charge is 2.31. The van der Waals surface area contributed by atoms with Gasteiger partial charge in [-0.05, 0) is 42.5 Å². The minimum absolute atomic E-state index is 0.200. The van der Waals surface area contributed by atoms with Crippen molar-refractivity contribution in [1.29, 1.82) is 0 Å². The Balaban J connectivity index is 1.31. The molecule has 0 aliphatic carbocycles. The highest BCUT2D eigenvalue weighted by atomic mass is 32.2. The number of carbonyl (C=O) groups excluding carboxylic acids is 1. The Labute approximate surface area is 196 Å². The van der Waals surface area contributed by atoms with Gasteiger partial charge >= 0.3 is 0 Å². The zero-order chi connectivity index (χ0) is 23.2. The van der Waals surface area contributed by atoms with E-state index < -0.39 is 10.0 Å². The predicted octanol–water partition coefficient (Wildman–Crippen LogP) is 3.99. The van der Waals surface area contributed by atoms with Crippen LogP contribution >= 0.6 is 11.3 Å². The number of nitrogens with one attached hydrogen (secondary N) is 1. The predicted molar refractivity (Wildman–Crippen MR) is 127 cm³/mol. The fraction of sp³-hybridized carbons (Fsp3) is 0.391. The molecule has 1 saturated heterocycles. The second-order valence-corrected chi connectivity index (χ2v) is 11.7. The molecular formula is C23H25N3O5S2. The molecule has 2 atom stereocenters. The maximum absolute atomic E-state index is 13.1. The van der Waals surface area contributed by atoms with Crippen LogP contribution in [0.2, 0.25) is 0 Å². The summed E-state index contributed by atoms with van der Waals surface area (Å²) in [6.45, 7) is 6.18. The van der Waals surface area contributed by atoms with Crippen LogP contribution in [0.25, 0.3) is 10.2 Å². The minimum atomic E-state index is -3.59. The topological polar surface area (TPSA) is 97.8 Å². The fourth-order valence-corrected chi connectivity index (χ4v) is 6.97. The summed E-state index contributed by atoms with van der Waals surface area (Å²) in [5.74, 6) is 1.61. The molecule has 0 spiro atoms. The molecule has 3 heterocycles. The number of sulfonamides is 1. The van der Waals surface area contributed by atoms with Crippen LogP contribution in [0.3, 0.4) is 0 Å². The normalized spacial score (nSPS) is 21.2. The quantitative estimate of drug-likeness (QED) is 0.598. The van der Waals surface area contributed by atoms with E-state index in [1.807, 2.05) is 6.07 Å². The number of piperidine rings is 1. The highest BCUT2D eigenvalue weighted by molar-refractivity contribution is 7.89. The number of fused-ring (bicyclic) bond motifs is 2. The van der Waals surface area contributed by atoms with Crippen LogP contribution in [-0.4, -0.2) is 49.9 Å². The van der Waals surface area contributed by atoms with Crippen LogP contribution in [0.1, 0.15) is 30.6 Å². The van der Waals surface area contributed by atoms with Gasteiger partial charge < -0.3 is 9.47 Å². The maximum atomic E-state index is 13.1. The number of ether oxygens (including phenoxy) is 2. The van der Waals surface area contributed by atoms with E-state index in [9.17, 15) is 13.2 Å². The molecule has 1 amide bonds. The van der Waals surface area contributed by atoms with Crippen molar-refractivity contribution in [3.8, 4) is 11.5 Å². The third kappa shape index (κ3) is 4.42. The number of benzene rings is 2. The van der Waals surface area contributed by atoms with Gasteiger partial charge in [-0.3, -0.25) is 10.1 Å². The van der Waals surface area contributed by atoms with Crippen molar-refractivity contribution >= 4 is 42.6 Å². The van der Waals surface area contributed by atoms with Gasteiger partial charge in [-0.1, -0.05) is 25.2 Å². The zero-order valence-electron chi connectivity index (χ0n) is 18.4. The molecule has 33 heavy (non-hydrogen) atoms. The Kier molecular flexibility index (Phi) is 5.75. The summed E-state index contributed by atoms with van der Waals surface area (Å²) in [7, 11) is -3.59. The van der Waals surface area contributed by atoms with Gasteiger partial charge in [0.1, 0.15) is 13.2 Å². The van der Waals surface area contributed by atoms with Crippen LogP contribution in [0.15, 0.2) is 41.3 Å². The van der Waals surface area contributed by atoms with Crippen LogP contribution in [-0.2, 0) is 10.0 Å². The third-order valence-corrected chi connectivity index (χ3v) is 8.64. The van der Waals surface area contributed by atoms with E-state index in [4.69, 9.17) is 9.47 Å². The molecule has 1 N–H and O–H groups in total. The van der Waals surface area contributed by atoms with E-state index in [0.29, 0.717) is 65.8 Å². The molecule has 1 aromatic heterocycles. The molecule has 10 heteroatoms. The van der Waals surface area contributed by atoms with Crippen LogP contribution in [0, 0.1) is 11.8 Å². The lowest BCUT2D eigenvalue weighted by molar-refractivity contribution is 0.102. The molecule has 174 valence electrons. The van der Waals surface area contributed by atoms with Crippen LogP contribution in [0.5, 0.6) is 11.5 Å². The van der Waals surface area contributed by atoms with Gasteiger partial charge in [0.05, 0.1) is 15.1 Å². The molecule has 1 fully saturated rings. The number of anilines is 1. The Bertz CT molecular complexity index is 1250. The number of amides is 1. The molecule has 0 unspecified atom stereocenters. The molecule has 2 aromatic carbocycles. The fourth-order valence-electron chi connectivity index (χ4n) is 4.42. The van der Waals surface area contributed by atoms with E-state index in [1.165, 1.54) is 35.6 Å². The first-order valence-corrected chi connectivity index (χ1v) is 13.2. The molecular weight excluding hydrogens is 462 g/mol. The number of hydrogen-bond donors (Lipinski definition) is 1. The van der Waals surface area contributed by atoms with Gasteiger partial charge in [-0.15, -0.1) is 0 Å². The second-order valence-electron chi connectivity index (χ2n) is 8.73. The van der Waals surface area contributed by atoms with Crippen molar-refractivity contribution in [1.82, 2.24) is 9.29 Å². The van der Waals surface area contributed by atoms with Crippen LogP contribution in [0.4, 0.5) is 5.13 Å². The second kappa shape index (κ2) is 8.58. The Morgan fingerprint density at radius 1 is 1.06 bits per heavy atom. The summed E-state index contributed by atoms with van der Waals surface area (Å²) >= 11 is 1.34. The summed E-state index contributed by atoms with van der Waals surface area (Å²) in [4.78, 5) is 17.4. The Hall–Kier alpha value is -2.69. The first kappa shape index (κ1) is 22.1. The van der Waals surface area contributed by atoms with E-state index in [2.05, 4.69) is 24.1 Å². The van der Waals surface area contributed by atoms with Crippen molar-refractivity contribution in [3.05, 3.63) is 42.0 Å². The molecule has 0 radical (unpaired) electrons. The molecule has 2 aliphatic heterocycles. The number of rotatable bonds is 4. The number of hydrogen-bond acceptors (Lipinski definition) is 7. The summed E-state index contributed by atoms with van der Waals surface area (Å²) < 4.78 is 39.7. The molecule has 0 bridgehead atoms. The molecule has 3 aromatic rings. The van der Waals surface area contributed by atoms with Gasteiger partial charge in [0.25, 0.3) is 5.91 Å². The number of aromatic nitrogens is 1. The average molecular weight is 488 g/mol. The average Bonchev–Trinajstić information content (AvgIpc) is 3.17. The van der Waals surface area contributed by atoms with Crippen molar-refractivity contribution in [2.24, 2.45) is 11.8 Å². The van der Waals surface area contributed by atoms with Crippen molar-refractivity contribution in [2.75, 3.05) is 31.6 Å². The summed E-state index contributed by atoms with van der Waals surface area (Å²) in [6, 6.07) is 9.72. The lowest BCUT2D eigenvalue weighted by atomic mass is 9.94. The van der Waals surface area contributed by atoms with Gasteiger partial charge in [-0.25, -0.2) is 13.4 Å². The minimum Gasteiger partial charge on any atom is -0.486 e. The SMILES string of the molecule is C[C@H]1C[C@H](C)CN(S(=O)(=O)c2ccc(C(=O)Nc3nc4cc5c(cc4s3)OCCO5)cc2)C1. The summed E-state index contributed by atoms with van der Waals surface area (Å²) in [5.41, 5.74) is 1.07. The first-order chi connectivity index (χ1) is 15.8. The van der Waals surface area contributed by atoms with E-state index >= 15 is 0 Å². The van der Waals surface area contributed by atoms with Gasteiger partial charge in [0, 0.05) is 30.8 Å². The van der Waals surface area contributed by atoms with Crippen LogP contribution < -0.4 is 14.8 Å². The largest absolute Gasteiger partial charge is 0.486 e. The number of nitrogens with zero attached hydrogens (tertiary/aromatic N) is 2.